The number of carbonyl (C=O) groups excluding carboxylic acids is 1. The van der Waals surface area contributed by atoms with E-state index in [1.807, 2.05) is 6.07 Å². The Balaban J connectivity index is 1.88. The van der Waals surface area contributed by atoms with E-state index in [0.29, 0.717) is 18.5 Å². The number of rotatable bonds is 2. The minimum absolute atomic E-state index is 0.0162. The maximum atomic E-state index is 14.1. The Morgan fingerprint density at radius 1 is 1.29 bits per heavy atom. The Morgan fingerprint density at radius 3 is 2.61 bits per heavy atom. The van der Waals surface area contributed by atoms with Crippen molar-refractivity contribution in [3.8, 4) is 0 Å². The summed E-state index contributed by atoms with van der Waals surface area (Å²) in [5, 5.41) is 0. The van der Waals surface area contributed by atoms with E-state index < -0.39 is 38.1 Å². The third kappa shape index (κ3) is 3.65. The summed E-state index contributed by atoms with van der Waals surface area (Å²) in [6.07, 6.45) is 2.30. The summed E-state index contributed by atoms with van der Waals surface area (Å²) < 4.78 is 46.5. The van der Waals surface area contributed by atoms with Crippen LogP contribution >= 0.6 is 15.9 Å². The maximum absolute atomic E-state index is 14.1. The van der Waals surface area contributed by atoms with Crippen molar-refractivity contribution < 1.29 is 22.3 Å². The minimum atomic E-state index is -4.01. The average Bonchev–Trinajstić information content (AvgIpc) is 3.08. The first kappa shape index (κ1) is 22.2. The molecule has 4 rings (SSSR count). The van der Waals surface area contributed by atoms with E-state index in [-0.39, 0.29) is 17.9 Å². The van der Waals surface area contributed by atoms with E-state index in [1.165, 1.54) is 17.0 Å². The lowest BCUT2D eigenvalue weighted by molar-refractivity contribution is 0.0201. The number of halogens is 2. The molecule has 6 nitrogen and oxygen atoms in total. The quantitative estimate of drug-likeness (QED) is 0.551. The number of sulfone groups is 1. The number of ether oxygens (including phenoxy) is 1. The number of likely N-dealkylation sites (tertiary alicyclic amines) is 1. The molecule has 0 N–H and O–H groups in total. The zero-order chi connectivity index (χ0) is 22.6. The van der Waals surface area contributed by atoms with Gasteiger partial charge in [0.05, 0.1) is 16.6 Å². The van der Waals surface area contributed by atoms with Crippen LogP contribution in [-0.4, -0.2) is 42.6 Å². The average molecular weight is 511 g/mol. The molecular formula is C22H24BrFN2O4S. The molecule has 1 aromatic heterocycles. The molecular weight excluding hydrogens is 487 g/mol. The van der Waals surface area contributed by atoms with E-state index in [4.69, 9.17) is 4.74 Å². The van der Waals surface area contributed by atoms with Gasteiger partial charge in [0.25, 0.3) is 0 Å². The number of benzene rings is 1. The number of carbonyl (C=O) groups is 1. The monoisotopic (exact) mass is 510 g/mol. The van der Waals surface area contributed by atoms with E-state index >= 15 is 0 Å². The molecule has 1 fully saturated rings. The van der Waals surface area contributed by atoms with Gasteiger partial charge in [0.1, 0.15) is 16.2 Å². The SMILES string of the molecule is CC(C)(C)OC(=O)N1CCC2(S(=O)(=O)c3ccc(F)cc3)c3ncc(Br)cc3CCC12. The Hall–Kier alpha value is -2.00. The molecule has 0 spiro atoms. The highest BCUT2D eigenvalue weighted by atomic mass is 79.9. The van der Waals surface area contributed by atoms with Gasteiger partial charge < -0.3 is 9.64 Å². The fourth-order valence-electron chi connectivity index (χ4n) is 4.67. The van der Waals surface area contributed by atoms with Gasteiger partial charge >= 0.3 is 6.09 Å². The van der Waals surface area contributed by atoms with E-state index in [0.717, 1.165) is 22.2 Å². The molecule has 1 aliphatic carbocycles. The summed E-state index contributed by atoms with van der Waals surface area (Å²) >= 11 is 3.41. The summed E-state index contributed by atoms with van der Waals surface area (Å²) in [6.45, 7) is 5.56. The van der Waals surface area contributed by atoms with Crippen molar-refractivity contribution in [1.82, 2.24) is 9.88 Å². The van der Waals surface area contributed by atoms with Crippen LogP contribution in [0.25, 0.3) is 0 Å². The highest BCUT2D eigenvalue weighted by Crippen LogP contribution is 2.52. The maximum Gasteiger partial charge on any atom is 0.410 e. The normalized spacial score (nSPS) is 23.3. The van der Waals surface area contributed by atoms with Crippen LogP contribution in [0.2, 0.25) is 0 Å². The molecule has 9 heteroatoms. The molecule has 2 unspecified atom stereocenters. The largest absolute Gasteiger partial charge is 0.444 e. The molecule has 2 aliphatic rings. The van der Waals surface area contributed by atoms with Crippen molar-refractivity contribution in [2.24, 2.45) is 0 Å². The van der Waals surface area contributed by atoms with Crippen LogP contribution < -0.4 is 0 Å². The van der Waals surface area contributed by atoms with Crippen LogP contribution in [0.4, 0.5) is 9.18 Å². The third-order valence-corrected chi connectivity index (χ3v) is 8.85. The number of amides is 1. The van der Waals surface area contributed by atoms with Crippen LogP contribution in [0.5, 0.6) is 0 Å². The standard InChI is InChI=1S/C22H24BrFN2O4S/c1-21(2,3)30-20(27)26-11-10-22(31(28,29)17-7-5-16(24)6-8-17)18(26)9-4-14-12-15(23)13-25-19(14)22/h5-8,12-13,18H,4,9-11H2,1-3H3. The van der Waals surface area contributed by atoms with E-state index in [1.54, 1.807) is 27.0 Å². The molecule has 0 radical (unpaired) electrons. The summed E-state index contributed by atoms with van der Waals surface area (Å²) in [5.41, 5.74) is 0.595. The predicted molar refractivity (Wildman–Crippen MR) is 117 cm³/mol. The van der Waals surface area contributed by atoms with Crippen LogP contribution in [0.15, 0.2) is 45.9 Å². The van der Waals surface area contributed by atoms with Crippen molar-refractivity contribution in [2.75, 3.05) is 6.54 Å². The van der Waals surface area contributed by atoms with Crippen molar-refractivity contribution >= 4 is 31.9 Å². The minimum Gasteiger partial charge on any atom is -0.444 e. The topological polar surface area (TPSA) is 76.6 Å². The second kappa shape index (κ2) is 7.55. The van der Waals surface area contributed by atoms with Gasteiger partial charge in [-0.2, -0.15) is 0 Å². The third-order valence-electron chi connectivity index (χ3n) is 5.89. The smallest absolute Gasteiger partial charge is 0.410 e. The first-order chi connectivity index (χ1) is 14.5. The fourth-order valence-corrected chi connectivity index (χ4v) is 7.37. The van der Waals surface area contributed by atoms with Crippen LogP contribution in [0, 0.1) is 5.82 Å². The fraction of sp³-hybridized carbons (Fsp3) is 0.455. The zero-order valence-corrected chi connectivity index (χ0v) is 20.0. The van der Waals surface area contributed by atoms with Gasteiger partial charge in [0.15, 0.2) is 9.84 Å². The lowest BCUT2D eigenvalue weighted by Crippen LogP contribution is -2.53. The highest BCUT2D eigenvalue weighted by Gasteiger charge is 2.62. The van der Waals surface area contributed by atoms with E-state index in [9.17, 15) is 17.6 Å². The van der Waals surface area contributed by atoms with Gasteiger partial charge in [-0.05, 0) is 91.9 Å². The summed E-state index contributed by atoms with van der Waals surface area (Å²) in [4.78, 5) is 19.0. The molecule has 0 bridgehead atoms. The highest BCUT2D eigenvalue weighted by molar-refractivity contribution is 9.10. The van der Waals surface area contributed by atoms with Gasteiger partial charge in [-0.25, -0.2) is 17.6 Å². The number of fused-ring (bicyclic) bond motifs is 3. The summed E-state index contributed by atoms with van der Waals surface area (Å²) in [7, 11) is -4.01. The molecule has 1 aliphatic heterocycles. The van der Waals surface area contributed by atoms with Gasteiger partial charge in [-0.3, -0.25) is 4.98 Å². The molecule has 166 valence electrons. The second-order valence-electron chi connectivity index (χ2n) is 8.99. The van der Waals surface area contributed by atoms with Gasteiger partial charge in [-0.15, -0.1) is 0 Å². The Morgan fingerprint density at radius 2 is 1.97 bits per heavy atom. The Kier molecular flexibility index (Phi) is 5.41. The number of aryl methyl sites for hydroxylation is 1. The van der Waals surface area contributed by atoms with Crippen LogP contribution in [-0.2, 0) is 25.7 Å². The Labute approximate surface area is 189 Å². The molecule has 0 saturated carbocycles. The van der Waals surface area contributed by atoms with E-state index in [2.05, 4.69) is 20.9 Å². The van der Waals surface area contributed by atoms with Crippen molar-refractivity contribution in [3.63, 3.8) is 0 Å². The van der Waals surface area contributed by atoms with Crippen LogP contribution in [0.3, 0.4) is 0 Å². The molecule has 2 aromatic rings. The molecule has 2 heterocycles. The Bertz CT molecular complexity index is 1130. The first-order valence-electron chi connectivity index (χ1n) is 10.1. The number of nitrogens with zero attached hydrogens (tertiary/aromatic N) is 2. The van der Waals surface area contributed by atoms with Crippen molar-refractivity contribution in [3.05, 3.63) is 58.1 Å². The van der Waals surface area contributed by atoms with Crippen LogP contribution in [0.1, 0.15) is 44.9 Å². The number of hydrogen-bond acceptors (Lipinski definition) is 5. The van der Waals surface area contributed by atoms with Crippen molar-refractivity contribution in [1.29, 1.82) is 0 Å². The molecule has 1 saturated heterocycles. The number of hydrogen-bond donors (Lipinski definition) is 0. The molecule has 1 amide bonds. The first-order valence-corrected chi connectivity index (χ1v) is 12.4. The van der Waals surface area contributed by atoms with Gasteiger partial charge in [0, 0.05) is 17.2 Å². The second-order valence-corrected chi connectivity index (χ2v) is 12.1. The molecule has 2 atom stereocenters. The predicted octanol–water partition coefficient (Wildman–Crippen LogP) is 4.61. The zero-order valence-electron chi connectivity index (χ0n) is 17.6. The molecule has 31 heavy (non-hydrogen) atoms. The number of pyridine rings is 1. The van der Waals surface area contributed by atoms with Gasteiger partial charge in [0.2, 0.25) is 0 Å². The van der Waals surface area contributed by atoms with Gasteiger partial charge in [-0.1, -0.05) is 0 Å². The summed E-state index contributed by atoms with van der Waals surface area (Å²) in [6, 6.07) is 6.09. The van der Waals surface area contributed by atoms with Crippen molar-refractivity contribution in [2.45, 2.75) is 61.3 Å². The number of aromatic nitrogens is 1. The molecule has 1 aromatic carbocycles. The lowest BCUT2D eigenvalue weighted by atomic mass is 9.82. The summed E-state index contributed by atoms with van der Waals surface area (Å²) in [5.74, 6) is -0.513. The lowest BCUT2D eigenvalue weighted by Gasteiger charge is -2.41.